The van der Waals surface area contributed by atoms with Crippen molar-refractivity contribution in [1.82, 2.24) is 9.88 Å². The molecule has 0 spiro atoms. The number of aromatic nitrogens is 1. The van der Waals surface area contributed by atoms with Crippen molar-refractivity contribution < 1.29 is 14.7 Å². The van der Waals surface area contributed by atoms with Gasteiger partial charge in [0.25, 0.3) is 0 Å². The molecule has 0 bridgehead atoms. The predicted molar refractivity (Wildman–Crippen MR) is 74.1 cm³/mol. The van der Waals surface area contributed by atoms with E-state index in [9.17, 15) is 9.59 Å². The lowest BCUT2D eigenvalue weighted by atomic mass is 9.90. The van der Waals surface area contributed by atoms with Crippen LogP contribution in [0.5, 0.6) is 0 Å². The van der Waals surface area contributed by atoms with Crippen LogP contribution in [0.1, 0.15) is 31.9 Å². The summed E-state index contributed by atoms with van der Waals surface area (Å²) in [7, 11) is 0. The highest BCUT2D eigenvalue weighted by Crippen LogP contribution is 2.24. The zero-order valence-corrected chi connectivity index (χ0v) is 11.7. The molecular formula is C15H20N2O3. The second kappa shape index (κ2) is 6.50. The van der Waals surface area contributed by atoms with E-state index < -0.39 is 11.9 Å². The average molecular weight is 276 g/mol. The first-order valence-corrected chi connectivity index (χ1v) is 7.02. The van der Waals surface area contributed by atoms with Crippen molar-refractivity contribution in [3.05, 3.63) is 30.1 Å². The fraction of sp³-hybridized carbons (Fsp3) is 0.533. The summed E-state index contributed by atoms with van der Waals surface area (Å²) in [6, 6.07) is 5.41. The van der Waals surface area contributed by atoms with Crippen molar-refractivity contribution in [1.29, 1.82) is 0 Å². The Bertz CT molecular complexity index is 475. The number of carboxylic acids is 1. The van der Waals surface area contributed by atoms with Crippen molar-refractivity contribution in [2.24, 2.45) is 5.92 Å². The summed E-state index contributed by atoms with van der Waals surface area (Å²) in [6.45, 7) is 2.49. The van der Waals surface area contributed by atoms with Gasteiger partial charge < -0.3 is 10.0 Å². The van der Waals surface area contributed by atoms with E-state index in [1.165, 1.54) is 0 Å². The summed E-state index contributed by atoms with van der Waals surface area (Å²) < 4.78 is 0. The monoisotopic (exact) mass is 276 g/mol. The third-order valence-corrected chi connectivity index (χ3v) is 3.95. The lowest BCUT2D eigenvalue weighted by Crippen LogP contribution is -2.49. The van der Waals surface area contributed by atoms with Crippen LogP contribution in [0.15, 0.2) is 24.4 Å². The molecule has 1 aliphatic heterocycles. The number of aliphatic carboxylic acids is 1. The Morgan fingerprint density at radius 3 is 2.90 bits per heavy atom. The van der Waals surface area contributed by atoms with Crippen LogP contribution in [0.4, 0.5) is 0 Å². The van der Waals surface area contributed by atoms with Gasteiger partial charge in [-0.2, -0.15) is 0 Å². The Kier molecular flexibility index (Phi) is 4.71. The Hall–Kier alpha value is -1.91. The highest BCUT2D eigenvalue weighted by Gasteiger charge is 2.34. The Morgan fingerprint density at radius 2 is 2.25 bits per heavy atom. The van der Waals surface area contributed by atoms with Gasteiger partial charge in [-0.05, 0) is 38.3 Å². The predicted octanol–water partition coefficient (Wildman–Crippen LogP) is 1.73. The molecule has 0 radical (unpaired) electrons. The Labute approximate surface area is 118 Å². The summed E-state index contributed by atoms with van der Waals surface area (Å²) in [6.07, 6.45) is 4.11. The lowest BCUT2D eigenvalue weighted by molar-refractivity contribution is -0.149. The maximum atomic E-state index is 12.3. The smallest absolute Gasteiger partial charge is 0.308 e. The first-order valence-electron chi connectivity index (χ1n) is 7.02. The SMILES string of the molecule is C[C@@H]1[C@H](C(=O)O)CCCN1C(=O)CCc1ccccn1. The maximum absolute atomic E-state index is 12.3. The number of likely N-dealkylation sites (tertiary alicyclic amines) is 1. The molecule has 108 valence electrons. The summed E-state index contributed by atoms with van der Waals surface area (Å²) in [5, 5.41) is 9.17. The molecule has 0 aromatic carbocycles. The normalized spacial score (nSPS) is 22.6. The molecule has 1 N–H and O–H groups in total. The number of piperidine rings is 1. The number of hydrogen-bond donors (Lipinski definition) is 1. The molecule has 2 heterocycles. The maximum Gasteiger partial charge on any atom is 0.308 e. The first kappa shape index (κ1) is 14.5. The molecule has 1 aromatic heterocycles. The van der Waals surface area contributed by atoms with Gasteiger partial charge in [-0.25, -0.2) is 0 Å². The summed E-state index contributed by atoms with van der Waals surface area (Å²) in [5.41, 5.74) is 0.889. The fourth-order valence-electron chi connectivity index (χ4n) is 2.75. The lowest BCUT2D eigenvalue weighted by Gasteiger charge is -2.37. The molecule has 0 saturated carbocycles. The van der Waals surface area contributed by atoms with Gasteiger partial charge in [-0.3, -0.25) is 14.6 Å². The number of hydrogen-bond acceptors (Lipinski definition) is 3. The number of amides is 1. The van der Waals surface area contributed by atoms with Crippen LogP contribution in [-0.4, -0.2) is 39.5 Å². The number of carbonyl (C=O) groups is 2. The van der Waals surface area contributed by atoms with E-state index in [-0.39, 0.29) is 11.9 Å². The zero-order chi connectivity index (χ0) is 14.5. The van der Waals surface area contributed by atoms with Gasteiger partial charge in [0.15, 0.2) is 0 Å². The van der Waals surface area contributed by atoms with Gasteiger partial charge in [-0.15, -0.1) is 0 Å². The minimum Gasteiger partial charge on any atom is -0.481 e. The second-order valence-corrected chi connectivity index (χ2v) is 5.24. The molecule has 20 heavy (non-hydrogen) atoms. The van der Waals surface area contributed by atoms with Gasteiger partial charge in [0.1, 0.15) is 0 Å². The minimum absolute atomic E-state index is 0.0223. The molecule has 1 fully saturated rings. The van der Waals surface area contributed by atoms with Crippen LogP contribution in [0, 0.1) is 5.92 Å². The van der Waals surface area contributed by atoms with E-state index >= 15 is 0 Å². The van der Waals surface area contributed by atoms with Crippen molar-refractivity contribution in [2.45, 2.75) is 38.6 Å². The third kappa shape index (κ3) is 3.35. The Morgan fingerprint density at radius 1 is 1.45 bits per heavy atom. The summed E-state index contributed by atoms with van der Waals surface area (Å²) in [5.74, 6) is -1.23. The number of carbonyl (C=O) groups excluding carboxylic acids is 1. The van der Waals surface area contributed by atoms with Crippen LogP contribution in [-0.2, 0) is 16.0 Å². The molecule has 2 atom stereocenters. The van der Waals surface area contributed by atoms with Gasteiger partial charge >= 0.3 is 5.97 Å². The molecular weight excluding hydrogens is 256 g/mol. The number of rotatable bonds is 4. The molecule has 1 saturated heterocycles. The quantitative estimate of drug-likeness (QED) is 0.909. The fourth-order valence-corrected chi connectivity index (χ4v) is 2.75. The standard InChI is InChI=1S/C15H20N2O3/c1-11-13(15(19)20)6-4-10-17(11)14(18)8-7-12-5-2-3-9-16-12/h2-3,5,9,11,13H,4,6-8,10H2,1H3,(H,19,20)/t11-,13-/m1/s1. The van der Waals surface area contributed by atoms with Gasteiger partial charge in [0.05, 0.1) is 5.92 Å². The van der Waals surface area contributed by atoms with E-state index in [4.69, 9.17) is 5.11 Å². The zero-order valence-electron chi connectivity index (χ0n) is 11.7. The van der Waals surface area contributed by atoms with Crippen molar-refractivity contribution >= 4 is 11.9 Å². The topological polar surface area (TPSA) is 70.5 Å². The van der Waals surface area contributed by atoms with Crippen molar-refractivity contribution in [3.63, 3.8) is 0 Å². The third-order valence-electron chi connectivity index (χ3n) is 3.95. The second-order valence-electron chi connectivity index (χ2n) is 5.24. The van der Waals surface area contributed by atoms with Gasteiger partial charge in [0.2, 0.25) is 5.91 Å². The molecule has 0 aliphatic carbocycles. The van der Waals surface area contributed by atoms with Crippen LogP contribution in [0.25, 0.3) is 0 Å². The Balaban J connectivity index is 1.93. The van der Waals surface area contributed by atoms with Crippen LogP contribution >= 0.6 is 0 Å². The first-order chi connectivity index (χ1) is 9.59. The summed E-state index contributed by atoms with van der Waals surface area (Å²) in [4.78, 5) is 29.3. The molecule has 5 nitrogen and oxygen atoms in total. The molecule has 1 aromatic rings. The van der Waals surface area contributed by atoms with Gasteiger partial charge in [0, 0.05) is 30.9 Å². The molecule has 1 amide bonds. The molecule has 2 rings (SSSR count). The van der Waals surface area contributed by atoms with Crippen LogP contribution < -0.4 is 0 Å². The molecule has 5 heteroatoms. The number of aryl methyl sites for hydroxylation is 1. The highest BCUT2D eigenvalue weighted by molar-refractivity contribution is 5.78. The highest BCUT2D eigenvalue weighted by atomic mass is 16.4. The van der Waals surface area contributed by atoms with Crippen LogP contribution in [0.3, 0.4) is 0 Å². The summed E-state index contributed by atoms with van der Waals surface area (Å²) >= 11 is 0. The van der Waals surface area contributed by atoms with Crippen molar-refractivity contribution in [2.75, 3.05) is 6.54 Å². The van der Waals surface area contributed by atoms with Crippen molar-refractivity contribution in [3.8, 4) is 0 Å². The van der Waals surface area contributed by atoms with E-state index in [1.54, 1.807) is 11.1 Å². The van der Waals surface area contributed by atoms with E-state index in [1.807, 2.05) is 25.1 Å². The number of carboxylic acid groups (broad SMARTS) is 1. The number of pyridine rings is 1. The average Bonchev–Trinajstić information content (AvgIpc) is 2.46. The molecule has 1 aliphatic rings. The van der Waals surface area contributed by atoms with E-state index in [2.05, 4.69) is 4.98 Å². The number of nitrogens with zero attached hydrogens (tertiary/aromatic N) is 2. The minimum atomic E-state index is -0.806. The van der Waals surface area contributed by atoms with E-state index in [0.717, 1.165) is 12.1 Å². The van der Waals surface area contributed by atoms with Crippen LogP contribution in [0.2, 0.25) is 0 Å². The van der Waals surface area contributed by atoms with E-state index in [0.29, 0.717) is 25.8 Å². The van der Waals surface area contributed by atoms with Gasteiger partial charge in [-0.1, -0.05) is 6.07 Å². The molecule has 0 unspecified atom stereocenters. The largest absolute Gasteiger partial charge is 0.481 e.